The van der Waals surface area contributed by atoms with E-state index in [0.29, 0.717) is 19.8 Å². The molecule has 1 aromatic rings. The van der Waals surface area contributed by atoms with E-state index in [1.54, 1.807) is 0 Å². The molecule has 0 spiro atoms. The van der Waals surface area contributed by atoms with Crippen molar-refractivity contribution in [2.45, 2.75) is 39.7 Å². The van der Waals surface area contributed by atoms with Gasteiger partial charge < -0.3 is 14.8 Å². The second-order valence-electron chi connectivity index (χ2n) is 5.10. The van der Waals surface area contributed by atoms with E-state index in [2.05, 4.69) is 50.4 Å². The molecule has 114 valence electrons. The molecule has 1 rings (SSSR count). The minimum atomic E-state index is 0.265. The maximum absolute atomic E-state index is 5.74. The highest BCUT2D eigenvalue weighted by Crippen LogP contribution is 2.14. The van der Waals surface area contributed by atoms with Gasteiger partial charge in [0.2, 0.25) is 0 Å². The molecule has 20 heavy (non-hydrogen) atoms. The fraction of sp³-hybridized carbons (Fsp3) is 0.647. The van der Waals surface area contributed by atoms with E-state index in [-0.39, 0.29) is 6.04 Å². The predicted molar refractivity (Wildman–Crippen MR) is 84.1 cm³/mol. The van der Waals surface area contributed by atoms with E-state index >= 15 is 0 Å². The number of aryl methyl sites for hydroxylation is 1. The number of hydrogen-bond acceptors (Lipinski definition) is 3. The van der Waals surface area contributed by atoms with Crippen LogP contribution < -0.4 is 5.32 Å². The van der Waals surface area contributed by atoms with Crippen molar-refractivity contribution in [2.75, 3.05) is 33.0 Å². The van der Waals surface area contributed by atoms with E-state index in [4.69, 9.17) is 9.47 Å². The van der Waals surface area contributed by atoms with Gasteiger partial charge in [0.15, 0.2) is 0 Å². The zero-order valence-corrected chi connectivity index (χ0v) is 13.2. The lowest BCUT2D eigenvalue weighted by atomic mass is 10.1. The summed E-state index contributed by atoms with van der Waals surface area (Å²) in [5, 5.41) is 3.54. The van der Waals surface area contributed by atoms with E-state index in [1.165, 1.54) is 11.1 Å². The molecule has 0 bridgehead atoms. The van der Waals surface area contributed by atoms with Gasteiger partial charge in [0.05, 0.1) is 25.9 Å². The first kappa shape index (κ1) is 17.2. The Labute approximate surface area is 123 Å². The molecule has 0 saturated heterocycles. The van der Waals surface area contributed by atoms with Crippen LogP contribution >= 0.6 is 0 Å². The molecule has 1 unspecified atom stereocenters. The molecular weight excluding hydrogens is 250 g/mol. The quantitative estimate of drug-likeness (QED) is 0.629. The second-order valence-corrected chi connectivity index (χ2v) is 5.10. The third-order valence-electron chi connectivity index (χ3n) is 3.13. The Bertz CT molecular complexity index is 337. The molecule has 0 saturated carbocycles. The minimum absolute atomic E-state index is 0.265. The summed E-state index contributed by atoms with van der Waals surface area (Å²) in [6.45, 7) is 10.3. The maximum Gasteiger partial charge on any atom is 0.0701 e. The van der Waals surface area contributed by atoms with Crippen molar-refractivity contribution in [3.63, 3.8) is 0 Å². The molecule has 0 aliphatic carbocycles. The normalized spacial score (nSPS) is 12.6. The first-order chi connectivity index (χ1) is 9.77. The van der Waals surface area contributed by atoms with Crippen LogP contribution in [0.1, 0.15) is 43.9 Å². The largest absolute Gasteiger partial charge is 0.379 e. The van der Waals surface area contributed by atoms with Gasteiger partial charge in [-0.25, -0.2) is 0 Å². The first-order valence-electron chi connectivity index (χ1n) is 7.73. The Morgan fingerprint density at radius 1 is 0.950 bits per heavy atom. The molecule has 3 nitrogen and oxygen atoms in total. The summed E-state index contributed by atoms with van der Waals surface area (Å²) in [5.41, 5.74) is 2.58. The fourth-order valence-electron chi connectivity index (χ4n) is 1.96. The number of nitrogens with one attached hydrogen (secondary N) is 1. The van der Waals surface area contributed by atoms with Gasteiger partial charge in [-0.3, -0.25) is 0 Å². The summed E-state index contributed by atoms with van der Waals surface area (Å²) in [6, 6.07) is 8.93. The summed E-state index contributed by atoms with van der Waals surface area (Å²) < 4.78 is 11.2. The Morgan fingerprint density at radius 3 is 2.30 bits per heavy atom. The van der Waals surface area contributed by atoms with Crippen LogP contribution in [0, 0.1) is 6.92 Å². The van der Waals surface area contributed by atoms with Crippen molar-refractivity contribution in [1.29, 1.82) is 0 Å². The van der Waals surface area contributed by atoms with Crippen molar-refractivity contribution in [2.24, 2.45) is 0 Å². The first-order valence-corrected chi connectivity index (χ1v) is 7.73. The maximum atomic E-state index is 5.74. The molecule has 1 atom stereocenters. The molecule has 1 aromatic carbocycles. The van der Waals surface area contributed by atoms with Crippen molar-refractivity contribution in [3.05, 3.63) is 35.4 Å². The van der Waals surface area contributed by atoms with Crippen molar-refractivity contribution in [1.82, 2.24) is 5.32 Å². The van der Waals surface area contributed by atoms with Gasteiger partial charge in [0, 0.05) is 6.61 Å². The van der Waals surface area contributed by atoms with Crippen LogP contribution in [0.15, 0.2) is 24.3 Å². The number of ether oxygens (including phenoxy) is 2. The standard InChI is InChI=1S/C17H29NO2/c1-4-10-18-17(14-20-13-12-19-11-5-2)16-8-6-15(3)7-9-16/h6-9,17-18H,4-5,10-14H2,1-3H3. The molecule has 0 radical (unpaired) electrons. The minimum Gasteiger partial charge on any atom is -0.379 e. The molecule has 0 amide bonds. The van der Waals surface area contributed by atoms with Gasteiger partial charge in [0.25, 0.3) is 0 Å². The summed E-state index contributed by atoms with van der Waals surface area (Å²) in [4.78, 5) is 0. The summed E-state index contributed by atoms with van der Waals surface area (Å²) >= 11 is 0. The van der Waals surface area contributed by atoms with Gasteiger partial charge in [-0.1, -0.05) is 43.7 Å². The lowest BCUT2D eigenvalue weighted by Crippen LogP contribution is -2.27. The van der Waals surface area contributed by atoms with Crippen LogP contribution in [-0.4, -0.2) is 33.0 Å². The van der Waals surface area contributed by atoms with Crippen LogP contribution in [0.5, 0.6) is 0 Å². The van der Waals surface area contributed by atoms with E-state index < -0.39 is 0 Å². The van der Waals surface area contributed by atoms with Gasteiger partial charge in [0.1, 0.15) is 0 Å². The zero-order chi connectivity index (χ0) is 14.6. The van der Waals surface area contributed by atoms with Crippen LogP contribution in [0.2, 0.25) is 0 Å². The lowest BCUT2D eigenvalue weighted by Gasteiger charge is -2.19. The monoisotopic (exact) mass is 279 g/mol. The van der Waals surface area contributed by atoms with Crippen LogP contribution in [0.4, 0.5) is 0 Å². The molecule has 0 fully saturated rings. The Hall–Kier alpha value is -0.900. The number of rotatable bonds is 11. The summed E-state index contributed by atoms with van der Waals surface area (Å²) in [6.07, 6.45) is 2.19. The van der Waals surface area contributed by atoms with Crippen molar-refractivity contribution < 1.29 is 9.47 Å². The highest BCUT2D eigenvalue weighted by Gasteiger charge is 2.10. The number of hydrogen-bond donors (Lipinski definition) is 1. The predicted octanol–water partition coefficient (Wildman–Crippen LogP) is 3.48. The third-order valence-corrected chi connectivity index (χ3v) is 3.13. The molecule has 3 heteroatoms. The topological polar surface area (TPSA) is 30.5 Å². The average Bonchev–Trinajstić information content (AvgIpc) is 2.47. The van der Waals surface area contributed by atoms with Crippen LogP contribution in [0.25, 0.3) is 0 Å². The Morgan fingerprint density at radius 2 is 1.65 bits per heavy atom. The molecule has 0 aromatic heterocycles. The fourth-order valence-corrected chi connectivity index (χ4v) is 1.96. The summed E-state index contributed by atoms with van der Waals surface area (Å²) in [5.74, 6) is 0. The van der Waals surface area contributed by atoms with Crippen molar-refractivity contribution in [3.8, 4) is 0 Å². The third kappa shape index (κ3) is 7.04. The second kappa shape index (κ2) is 10.8. The molecular formula is C17H29NO2. The van der Waals surface area contributed by atoms with Gasteiger partial charge >= 0.3 is 0 Å². The molecule has 0 heterocycles. The van der Waals surface area contributed by atoms with E-state index in [9.17, 15) is 0 Å². The Kier molecular flexibility index (Phi) is 9.29. The SMILES string of the molecule is CCCNC(COCCOCCC)c1ccc(C)cc1. The van der Waals surface area contributed by atoms with Gasteiger partial charge in [-0.15, -0.1) is 0 Å². The van der Waals surface area contributed by atoms with Crippen LogP contribution in [-0.2, 0) is 9.47 Å². The van der Waals surface area contributed by atoms with E-state index in [1.807, 2.05) is 0 Å². The highest BCUT2D eigenvalue weighted by atomic mass is 16.5. The van der Waals surface area contributed by atoms with Crippen molar-refractivity contribution >= 4 is 0 Å². The number of benzene rings is 1. The average molecular weight is 279 g/mol. The van der Waals surface area contributed by atoms with Gasteiger partial charge in [-0.2, -0.15) is 0 Å². The molecule has 0 aliphatic rings. The highest BCUT2D eigenvalue weighted by molar-refractivity contribution is 5.24. The molecule has 0 aliphatic heterocycles. The summed E-state index contributed by atoms with van der Waals surface area (Å²) in [7, 11) is 0. The van der Waals surface area contributed by atoms with Crippen LogP contribution in [0.3, 0.4) is 0 Å². The molecule has 1 N–H and O–H groups in total. The van der Waals surface area contributed by atoms with E-state index in [0.717, 1.165) is 26.0 Å². The smallest absolute Gasteiger partial charge is 0.0701 e. The van der Waals surface area contributed by atoms with Gasteiger partial charge in [-0.05, 0) is 31.9 Å². The Balaban J connectivity index is 2.37. The zero-order valence-electron chi connectivity index (χ0n) is 13.2. The lowest BCUT2D eigenvalue weighted by molar-refractivity contribution is 0.0391.